The molecule has 3 aromatic rings. The Kier molecular flexibility index (Phi) is 8.26. The predicted octanol–water partition coefficient (Wildman–Crippen LogP) is 7.26. The van der Waals surface area contributed by atoms with E-state index in [1.807, 2.05) is 0 Å². The summed E-state index contributed by atoms with van der Waals surface area (Å²) in [6.45, 7) is 7.09. The smallest absolute Gasteiger partial charge is 0.155 e. The number of benzene rings is 2. The van der Waals surface area contributed by atoms with Crippen molar-refractivity contribution in [2.24, 2.45) is 11.8 Å². The van der Waals surface area contributed by atoms with Crippen molar-refractivity contribution in [2.75, 3.05) is 0 Å². The summed E-state index contributed by atoms with van der Waals surface area (Å²) >= 11 is 0. The van der Waals surface area contributed by atoms with E-state index in [-0.39, 0.29) is 31.6 Å². The molecular formula is C29H32IrNO2-. The first-order valence-electron chi connectivity index (χ1n) is 11.6. The van der Waals surface area contributed by atoms with E-state index in [1.165, 1.54) is 67.7 Å². The van der Waals surface area contributed by atoms with E-state index < -0.39 is 0 Å². The maximum atomic E-state index is 10.0. The second-order valence-corrected chi connectivity index (χ2v) is 9.54. The topological polar surface area (TPSA) is 50.2 Å². The standard InChI is InChI=1S/C24H24N.C5H8O2.Ir/c1-15-10-16(2)12-19(11-15)23-9-8-21-20(4-3-5-24(21)25-23)22-14-17-6-7-18(22)13-17;1-4(6)3-5(2)7;/h3-5,8-11,17-18,22H,6-7,13-14H2,1-2H3;3,6H,1-2H3;/q-1;;/b;4-3-;. The van der Waals surface area contributed by atoms with Crippen LogP contribution >= 0.6 is 0 Å². The summed E-state index contributed by atoms with van der Waals surface area (Å²) in [7, 11) is 0. The number of fused-ring (bicyclic) bond motifs is 3. The summed E-state index contributed by atoms with van der Waals surface area (Å²) in [5.41, 5.74) is 7.24. The zero-order valence-electron chi connectivity index (χ0n) is 19.8. The van der Waals surface area contributed by atoms with Crippen molar-refractivity contribution in [3.05, 3.63) is 77.1 Å². The molecule has 1 radical (unpaired) electrons. The number of ketones is 1. The molecule has 0 spiro atoms. The van der Waals surface area contributed by atoms with Gasteiger partial charge in [-0.05, 0) is 68.2 Å². The molecule has 1 aromatic heterocycles. The normalized spacial score (nSPS) is 21.3. The van der Waals surface area contributed by atoms with Crippen molar-refractivity contribution in [1.29, 1.82) is 0 Å². The van der Waals surface area contributed by atoms with Crippen LogP contribution in [0.25, 0.3) is 22.2 Å². The molecule has 2 saturated carbocycles. The van der Waals surface area contributed by atoms with Crippen molar-refractivity contribution >= 4 is 16.7 Å². The third-order valence-corrected chi connectivity index (χ3v) is 6.74. The molecule has 4 heteroatoms. The number of aliphatic hydroxyl groups excluding tert-OH is 1. The fourth-order valence-corrected chi connectivity index (χ4v) is 5.61. The molecule has 2 aliphatic rings. The van der Waals surface area contributed by atoms with Crippen molar-refractivity contribution in [3.8, 4) is 11.3 Å². The van der Waals surface area contributed by atoms with Crippen LogP contribution in [0.5, 0.6) is 0 Å². The molecule has 3 atom stereocenters. The van der Waals surface area contributed by atoms with Gasteiger partial charge in [0.1, 0.15) is 0 Å². The minimum atomic E-state index is -0.125. The summed E-state index contributed by atoms with van der Waals surface area (Å²) in [6, 6.07) is 19.0. The number of hydrogen-bond donors (Lipinski definition) is 1. The number of rotatable bonds is 3. The molecule has 0 aliphatic heterocycles. The van der Waals surface area contributed by atoms with Gasteiger partial charge in [-0.25, -0.2) is 0 Å². The number of aliphatic hydroxyl groups is 1. The van der Waals surface area contributed by atoms with E-state index >= 15 is 0 Å². The summed E-state index contributed by atoms with van der Waals surface area (Å²) in [5.74, 6) is 2.57. The Morgan fingerprint density at radius 2 is 1.88 bits per heavy atom. The number of carbonyl (C=O) groups excluding carboxylic acids is 1. The fraction of sp³-hybridized carbons (Fsp3) is 0.379. The van der Waals surface area contributed by atoms with E-state index in [2.05, 4.69) is 62.4 Å². The van der Waals surface area contributed by atoms with E-state index in [0.717, 1.165) is 34.5 Å². The average Bonchev–Trinajstić information content (AvgIpc) is 3.35. The Bertz CT molecular complexity index is 1160. The van der Waals surface area contributed by atoms with E-state index in [9.17, 15) is 4.79 Å². The maximum absolute atomic E-state index is 10.0. The van der Waals surface area contributed by atoms with Crippen molar-refractivity contribution in [3.63, 3.8) is 0 Å². The van der Waals surface area contributed by atoms with Crippen LogP contribution in [-0.2, 0) is 24.9 Å². The zero-order chi connectivity index (χ0) is 22.8. The van der Waals surface area contributed by atoms with E-state index in [4.69, 9.17) is 10.1 Å². The van der Waals surface area contributed by atoms with Crippen LogP contribution in [0.1, 0.15) is 62.1 Å². The largest absolute Gasteiger partial charge is 0.512 e. The molecule has 5 rings (SSSR count). The molecule has 3 nitrogen and oxygen atoms in total. The molecule has 1 N–H and O–H groups in total. The molecule has 33 heavy (non-hydrogen) atoms. The Balaban J connectivity index is 0.000000337. The number of nitrogens with zero attached hydrogens (tertiary/aromatic N) is 1. The molecule has 2 aromatic carbocycles. The molecule has 2 aliphatic carbocycles. The van der Waals surface area contributed by atoms with Crippen LogP contribution in [0.15, 0.2) is 54.3 Å². The van der Waals surface area contributed by atoms with Gasteiger partial charge in [0.15, 0.2) is 5.78 Å². The molecule has 0 saturated heterocycles. The fourth-order valence-electron chi connectivity index (χ4n) is 5.61. The molecule has 3 unspecified atom stereocenters. The number of aromatic nitrogens is 1. The van der Waals surface area contributed by atoms with Gasteiger partial charge in [0.05, 0.1) is 11.3 Å². The Labute approximate surface area is 210 Å². The van der Waals surface area contributed by atoms with Gasteiger partial charge in [0, 0.05) is 31.6 Å². The number of allylic oxidation sites excluding steroid dienone is 2. The van der Waals surface area contributed by atoms with Crippen molar-refractivity contribution < 1.29 is 30.0 Å². The van der Waals surface area contributed by atoms with Gasteiger partial charge in [-0.15, -0.1) is 34.9 Å². The van der Waals surface area contributed by atoms with Gasteiger partial charge in [0.25, 0.3) is 0 Å². The SMILES string of the molecule is CC(=O)/C=C(/C)O.Cc1[c-]c(-c2ccc3c(C4CC5CCC4C5)cccc3n2)cc(C)c1.[Ir]. The molecule has 1 heterocycles. The first-order chi connectivity index (χ1) is 15.3. The van der Waals surface area contributed by atoms with Crippen LogP contribution in [0.2, 0.25) is 0 Å². The Hall–Kier alpha value is -2.29. The molecule has 2 fully saturated rings. The van der Waals surface area contributed by atoms with E-state index in [1.54, 1.807) is 0 Å². The summed E-state index contributed by atoms with van der Waals surface area (Å²) in [6.07, 6.45) is 6.88. The second-order valence-electron chi connectivity index (χ2n) is 9.54. The Morgan fingerprint density at radius 3 is 2.45 bits per heavy atom. The number of hydrogen-bond acceptors (Lipinski definition) is 3. The van der Waals surface area contributed by atoms with Gasteiger partial charge in [-0.1, -0.05) is 44.5 Å². The molecule has 2 bridgehead atoms. The summed E-state index contributed by atoms with van der Waals surface area (Å²) in [4.78, 5) is 15.0. The molecule has 0 amide bonds. The van der Waals surface area contributed by atoms with Gasteiger partial charge < -0.3 is 5.11 Å². The van der Waals surface area contributed by atoms with Gasteiger partial charge in [0.2, 0.25) is 0 Å². The van der Waals surface area contributed by atoms with Gasteiger partial charge in [-0.3, -0.25) is 9.78 Å². The van der Waals surface area contributed by atoms with Gasteiger partial charge >= 0.3 is 0 Å². The minimum absolute atomic E-state index is 0. The molecule has 175 valence electrons. The quantitative estimate of drug-likeness (QED) is 0.191. The zero-order valence-corrected chi connectivity index (χ0v) is 22.2. The third kappa shape index (κ3) is 5.99. The first-order valence-corrected chi connectivity index (χ1v) is 11.6. The molecular weight excluding hydrogens is 587 g/mol. The van der Waals surface area contributed by atoms with Crippen molar-refractivity contribution in [2.45, 2.75) is 59.3 Å². The van der Waals surface area contributed by atoms with E-state index in [0.29, 0.717) is 0 Å². The summed E-state index contributed by atoms with van der Waals surface area (Å²) in [5, 5.41) is 9.72. The number of aryl methyl sites for hydroxylation is 2. The number of pyridine rings is 1. The Morgan fingerprint density at radius 1 is 1.09 bits per heavy atom. The average molecular weight is 619 g/mol. The maximum Gasteiger partial charge on any atom is 0.155 e. The van der Waals surface area contributed by atoms with Crippen LogP contribution < -0.4 is 0 Å². The van der Waals surface area contributed by atoms with Crippen LogP contribution in [-0.4, -0.2) is 15.9 Å². The van der Waals surface area contributed by atoms with Crippen LogP contribution in [0, 0.1) is 31.7 Å². The van der Waals surface area contributed by atoms with Crippen LogP contribution in [0.4, 0.5) is 0 Å². The monoisotopic (exact) mass is 619 g/mol. The predicted molar refractivity (Wildman–Crippen MR) is 131 cm³/mol. The van der Waals surface area contributed by atoms with Gasteiger partial charge in [-0.2, -0.15) is 0 Å². The second kappa shape index (κ2) is 10.8. The first kappa shape index (κ1) is 25.3. The number of carbonyl (C=O) groups is 1. The van der Waals surface area contributed by atoms with Crippen molar-refractivity contribution in [1.82, 2.24) is 4.98 Å². The van der Waals surface area contributed by atoms with Crippen LogP contribution in [0.3, 0.4) is 0 Å². The summed E-state index contributed by atoms with van der Waals surface area (Å²) < 4.78 is 0. The minimum Gasteiger partial charge on any atom is -0.512 e. The third-order valence-electron chi connectivity index (χ3n) is 6.74.